The normalized spacial score (nSPS) is 12.9. The van der Waals surface area contributed by atoms with Gasteiger partial charge in [0.15, 0.2) is 0 Å². The van der Waals surface area contributed by atoms with Crippen molar-refractivity contribution in [2.45, 2.75) is 89.1 Å². The highest BCUT2D eigenvalue weighted by atomic mass is 33.1. The van der Waals surface area contributed by atoms with Gasteiger partial charge in [0.1, 0.15) is 0 Å². The van der Waals surface area contributed by atoms with Crippen LogP contribution in [0.3, 0.4) is 0 Å². The molecule has 0 bridgehead atoms. The zero-order valence-electron chi connectivity index (χ0n) is 25.4. The van der Waals surface area contributed by atoms with E-state index in [4.69, 9.17) is 0 Å². The number of hydrogen-bond acceptors (Lipinski definition) is 6. The summed E-state index contributed by atoms with van der Waals surface area (Å²) in [6.45, 7) is 19.2. The Morgan fingerprint density at radius 2 is 1.00 bits per heavy atom. The molecule has 0 fully saturated rings. The van der Waals surface area contributed by atoms with Crippen LogP contribution in [0.4, 0.5) is 0 Å². The Morgan fingerprint density at radius 3 is 1.35 bits per heavy atom. The van der Waals surface area contributed by atoms with Gasteiger partial charge in [-0.05, 0) is 103 Å². The van der Waals surface area contributed by atoms with Gasteiger partial charge >= 0.3 is 0 Å². The van der Waals surface area contributed by atoms with E-state index in [-0.39, 0.29) is 23.9 Å². The van der Waals surface area contributed by atoms with Crippen LogP contribution in [0.5, 0.6) is 0 Å². The molecule has 0 heterocycles. The highest BCUT2D eigenvalue weighted by Gasteiger charge is 2.18. The van der Waals surface area contributed by atoms with E-state index in [0.29, 0.717) is 11.1 Å². The Bertz CT molecular complexity index is 946. The van der Waals surface area contributed by atoms with Crippen LogP contribution in [0.1, 0.15) is 87.9 Å². The van der Waals surface area contributed by atoms with Crippen molar-refractivity contribution in [1.82, 2.24) is 20.4 Å². The first-order valence-electron chi connectivity index (χ1n) is 14.9. The van der Waals surface area contributed by atoms with Gasteiger partial charge in [-0.2, -0.15) is 0 Å². The summed E-state index contributed by atoms with van der Waals surface area (Å²) in [5.41, 5.74) is 1.33. The molecule has 6 nitrogen and oxygen atoms in total. The molecule has 2 rings (SSSR count). The zero-order valence-corrected chi connectivity index (χ0v) is 27.0. The van der Waals surface area contributed by atoms with Crippen molar-refractivity contribution in [2.24, 2.45) is 0 Å². The summed E-state index contributed by atoms with van der Waals surface area (Å²) in [5.74, 6) is -0.104. The van der Waals surface area contributed by atoms with Gasteiger partial charge in [0.25, 0.3) is 11.8 Å². The van der Waals surface area contributed by atoms with Crippen molar-refractivity contribution in [3.63, 3.8) is 0 Å². The van der Waals surface area contributed by atoms with Crippen molar-refractivity contribution in [1.29, 1.82) is 0 Å². The Morgan fingerprint density at radius 1 is 0.650 bits per heavy atom. The Labute approximate surface area is 250 Å². The third-order valence-corrected chi connectivity index (χ3v) is 9.73. The van der Waals surface area contributed by atoms with Crippen LogP contribution in [0, 0.1) is 0 Å². The predicted molar refractivity (Wildman–Crippen MR) is 172 cm³/mol. The fourth-order valence-electron chi connectivity index (χ4n) is 4.61. The zero-order chi connectivity index (χ0) is 29.3. The fraction of sp³-hybridized carbons (Fsp3) is 0.562. The van der Waals surface area contributed by atoms with E-state index in [2.05, 4.69) is 62.0 Å². The molecule has 0 radical (unpaired) electrons. The smallest absolute Gasteiger partial charge is 0.252 e. The molecule has 8 heteroatoms. The summed E-state index contributed by atoms with van der Waals surface area (Å²) in [7, 11) is 3.04. The van der Waals surface area contributed by atoms with Gasteiger partial charge in [-0.1, -0.05) is 73.5 Å². The monoisotopic (exact) mass is 586 g/mol. The largest absolute Gasteiger partial charge is 0.350 e. The minimum atomic E-state index is -0.0522. The van der Waals surface area contributed by atoms with Gasteiger partial charge in [-0.3, -0.25) is 9.59 Å². The van der Waals surface area contributed by atoms with Crippen LogP contribution >= 0.6 is 21.6 Å². The lowest BCUT2D eigenvalue weighted by atomic mass is 10.1. The SMILES string of the molecule is CCN(CC)CCCC(C)NC(=O)c1ccccc1SSc1ccccc1C(=O)NC(C)CCCN(CC)CC. The Kier molecular flexibility index (Phi) is 16.4. The van der Waals surface area contributed by atoms with E-state index in [0.717, 1.165) is 74.7 Å². The molecule has 2 aromatic rings. The molecule has 2 aromatic carbocycles. The first-order chi connectivity index (χ1) is 19.3. The molecule has 222 valence electrons. The number of benzene rings is 2. The molecule has 40 heavy (non-hydrogen) atoms. The van der Waals surface area contributed by atoms with Crippen molar-refractivity contribution in [3.8, 4) is 0 Å². The minimum absolute atomic E-state index is 0.0522. The van der Waals surface area contributed by atoms with Gasteiger partial charge in [0, 0.05) is 21.9 Å². The highest BCUT2D eigenvalue weighted by molar-refractivity contribution is 8.76. The molecule has 0 aliphatic heterocycles. The number of nitrogens with one attached hydrogen (secondary N) is 2. The molecule has 0 aromatic heterocycles. The summed E-state index contributed by atoms with van der Waals surface area (Å²) >= 11 is 0. The van der Waals surface area contributed by atoms with Crippen LogP contribution in [0.2, 0.25) is 0 Å². The topological polar surface area (TPSA) is 64.7 Å². The molecule has 2 unspecified atom stereocenters. The molecule has 0 aliphatic carbocycles. The molecule has 0 spiro atoms. The van der Waals surface area contributed by atoms with Gasteiger partial charge in [0.05, 0.1) is 11.1 Å². The second kappa shape index (κ2) is 19.2. The molecule has 0 saturated carbocycles. The third-order valence-electron chi connectivity index (χ3n) is 7.25. The van der Waals surface area contributed by atoms with E-state index in [1.807, 2.05) is 48.5 Å². The van der Waals surface area contributed by atoms with Crippen LogP contribution in [-0.2, 0) is 0 Å². The van der Waals surface area contributed by atoms with Gasteiger partial charge in [-0.25, -0.2) is 0 Å². The Balaban J connectivity index is 1.96. The summed E-state index contributed by atoms with van der Waals surface area (Å²) in [6.07, 6.45) is 4.01. The lowest BCUT2D eigenvalue weighted by molar-refractivity contribution is 0.0925. The quantitative estimate of drug-likeness (QED) is 0.173. The summed E-state index contributed by atoms with van der Waals surface area (Å²) in [5, 5.41) is 6.36. The van der Waals surface area contributed by atoms with Crippen molar-refractivity contribution < 1.29 is 9.59 Å². The molecule has 0 aliphatic rings. The van der Waals surface area contributed by atoms with Crippen LogP contribution in [-0.4, -0.2) is 73.0 Å². The minimum Gasteiger partial charge on any atom is -0.350 e. The highest BCUT2D eigenvalue weighted by Crippen LogP contribution is 2.40. The average molecular weight is 587 g/mol. The molecule has 0 saturated heterocycles. The maximum atomic E-state index is 13.1. The number of carbonyl (C=O) groups is 2. The molecule has 2 atom stereocenters. The summed E-state index contributed by atoms with van der Waals surface area (Å²) < 4.78 is 0. The number of amides is 2. The van der Waals surface area contributed by atoms with E-state index >= 15 is 0 Å². The number of nitrogens with zero attached hydrogens (tertiary/aromatic N) is 2. The molecule has 2 amide bonds. The third kappa shape index (κ3) is 11.9. The molecule has 2 N–H and O–H groups in total. The molecular formula is C32H50N4O2S2. The lowest BCUT2D eigenvalue weighted by Gasteiger charge is -2.20. The second-order valence-electron chi connectivity index (χ2n) is 10.2. The second-order valence-corrected chi connectivity index (χ2v) is 12.5. The van der Waals surface area contributed by atoms with Gasteiger partial charge in [-0.15, -0.1) is 0 Å². The van der Waals surface area contributed by atoms with E-state index in [1.165, 1.54) is 21.6 Å². The van der Waals surface area contributed by atoms with Crippen molar-refractivity contribution in [3.05, 3.63) is 59.7 Å². The first kappa shape index (κ1) is 34.2. The average Bonchev–Trinajstić information content (AvgIpc) is 2.96. The summed E-state index contributed by atoms with van der Waals surface area (Å²) in [4.78, 5) is 32.9. The maximum Gasteiger partial charge on any atom is 0.252 e. The van der Waals surface area contributed by atoms with Crippen LogP contribution in [0.25, 0.3) is 0 Å². The van der Waals surface area contributed by atoms with Crippen LogP contribution < -0.4 is 10.6 Å². The standard InChI is InChI=1S/C32H50N4O2S2/c1-7-35(8-2)23-15-17-25(5)33-31(37)27-19-11-13-21-29(27)39-40-30-22-14-12-20-28(30)32(38)34-26(6)18-16-24-36(9-3)10-4/h11-14,19-22,25-26H,7-10,15-18,23-24H2,1-6H3,(H,33,37)(H,34,38). The fourth-order valence-corrected chi connectivity index (χ4v) is 6.97. The van der Waals surface area contributed by atoms with E-state index in [1.54, 1.807) is 0 Å². The number of carbonyl (C=O) groups excluding carboxylic acids is 2. The van der Waals surface area contributed by atoms with Crippen molar-refractivity contribution >= 4 is 33.4 Å². The Hall–Kier alpha value is -2.00. The van der Waals surface area contributed by atoms with Crippen LogP contribution in [0.15, 0.2) is 58.3 Å². The first-order valence-corrected chi connectivity index (χ1v) is 17.1. The van der Waals surface area contributed by atoms with Crippen molar-refractivity contribution in [2.75, 3.05) is 39.3 Å². The number of rotatable bonds is 19. The molecular weight excluding hydrogens is 537 g/mol. The number of hydrogen-bond donors (Lipinski definition) is 2. The maximum absolute atomic E-state index is 13.1. The van der Waals surface area contributed by atoms with E-state index < -0.39 is 0 Å². The summed E-state index contributed by atoms with van der Waals surface area (Å²) in [6, 6.07) is 15.6. The predicted octanol–water partition coefficient (Wildman–Crippen LogP) is 6.97. The lowest BCUT2D eigenvalue weighted by Crippen LogP contribution is -2.34. The van der Waals surface area contributed by atoms with Gasteiger partial charge in [0.2, 0.25) is 0 Å². The van der Waals surface area contributed by atoms with E-state index in [9.17, 15) is 9.59 Å². The van der Waals surface area contributed by atoms with Gasteiger partial charge < -0.3 is 20.4 Å².